The van der Waals surface area contributed by atoms with Crippen molar-refractivity contribution in [2.24, 2.45) is 0 Å². The van der Waals surface area contributed by atoms with Crippen LogP contribution in [0.2, 0.25) is 0 Å². The fourth-order valence-corrected chi connectivity index (χ4v) is 5.70. The van der Waals surface area contributed by atoms with Crippen molar-refractivity contribution in [3.63, 3.8) is 0 Å². The number of aryl methyl sites for hydroxylation is 3. The zero-order chi connectivity index (χ0) is 25.6. The lowest BCUT2D eigenvalue weighted by Gasteiger charge is -2.29. The molecule has 2 aromatic rings. The highest BCUT2D eigenvalue weighted by atomic mass is 16.5. The number of nitrogens with one attached hydrogen (secondary N) is 1. The molecule has 1 unspecified atom stereocenters. The van der Waals surface area contributed by atoms with Gasteiger partial charge in [-0.2, -0.15) is 0 Å². The second kappa shape index (κ2) is 12.3. The molecular weight excluding hydrogens is 470 g/mol. The molecule has 3 atom stereocenters. The molecule has 2 N–H and O–H groups in total. The van der Waals surface area contributed by atoms with Gasteiger partial charge in [-0.25, -0.2) is 15.0 Å². The van der Waals surface area contributed by atoms with Crippen molar-refractivity contribution in [1.29, 1.82) is 0 Å². The number of rotatable bonds is 10. The second-order valence-electron chi connectivity index (χ2n) is 10.4. The van der Waals surface area contributed by atoms with Crippen LogP contribution < -0.4 is 5.32 Å². The summed E-state index contributed by atoms with van der Waals surface area (Å²) in [6, 6.07) is 3.56. The number of carboxylic acid groups (broad SMARTS) is 1. The molecule has 0 spiro atoms. The maximum Gasteiger partial charge on any atom is 0.325 e. The summed E-state index contributed by atoms with van der Waals surface area (Å²) in [5, 5.41) is 13.6. The van der Waals surface area contributed by atoms with Gasteiger partial charge < -0.3 is 19.9 Å². The van der Waals surface area contributed by atoms with E-state index >= 15 is 0 Å². The number of ether oxygens (including phenoxy) is 2. The summed E-state index contributed by atoms with van der Waals surface area (Å²) in [6.45, 7) is 5.47. The summed E-state index contributed by atoms with van der Waals surface area (Å²) in [4.78, 5) is 28.2. The first kappa shape index (κ1) is 26.0. The molecule has 0 aliphatic carbocycles. The van der Waals surface area contributed by atoms with Gasteiger partial charge in [-0.3, -0.25) is 9.69 Å². The van der Waals surface area contributed by atoms with Crippen LogP contribution in [-0.2, 0) is 27.1 Å². The Labute approximate surface area is 219 Å². The molecule has 0 bridgehead atoms. The number of aliphatic carboxylic acids is 1. The zero-order valence-corrected chi connectivity index (χ0v) is 21.8. The first-order valence-corrected chi connectivity index (χ1v) is 13.8. The number of nitrogens with zero attached hydrogens (tertiary/aromatic N) is 4. The van der Waals surface area contributed by atoms with Gasteiger partial charge in [-0.1, -0.05) is 6.07 Å². The minimum atomic E-state index is -0.878. The first-order valence-electron chi connectivity index (χ1n) is 13.8. The number of pyridine rings is 1. The predicted molar refractivity (Wildman–Crippen MR) is 140 cm³/mol. The lowest BCUT2D eigenvalue weighted by atomic mass is 9.98. The van der Waals surface area contributed by atoms with Crippen LogP contribution in [0.5, 0.6) is 0 Å². The van der Waals surface area contributed by atoms with E-state index in [1.807, 2.05) is 11.8 Å². The van der Waals surface area contributed by atoms with Gasteiger partial charge in [0.15, 0.2) is 0 Å². The third-order valence-electron chi connectivity index (χ3n) is 7.66. The van der Waals surface area contributed by atoms with Crippen molar-refractivity contribution in [2.45, 2.75) is 83.0 Å². The Morgan fingerprint density at radius 3 is 3.00 bits per heavy atom. The third kappa shape index (κ3) is 6.45. The summed E-state index contributed by atoms with van der Waals surface area (Å²) in [6.07, 6.45) is 10.5. The molecule has 5 heterocycles. The van der Waals surface area contributed by atoms with Gasteiger partial charge in [0.2, 0.25) is 0 Å². The maximum atomic E-state index is 12.4. The van der Waals surface area contributed by atoms with Crippen molar-refractivity contribution >= 4 is 11.8 Å². The van der Waals surface area contributed by atoms with Crippen molar-refractivity contribution in [1.82, 2.24) is 19.9 Å². The summed E-state index contributed by atoms with van der Waals surface area (Å²) < 4.78 is 12.1. The molecule has 0 radical (unpaired) electrons. The zero-order valence-electron chi connectivity index (χ0n) is 21.8. The van der Waals surface area contributed by atoms with E-state index in [0.717, 1.165) is 75.1 Å². The largest absolute Gasteiger partial charge is 0.480 e. The van der Waals surface area contributed by atoms with E-state index in [1.165, 1.54) is 12.0 Å². The van der Waals surface area contributed by atoms with Crippen LogP contribution in [0.25, 0.3) is 0 Å². The highest BCUT2D eigenvalue weighted by Gasteiger charge is 2.37. The number of likely N-dealkylation sites (tertiary alicyclic amines) is 1. The quantitative estimate of drug-likeness (QED) is 0.459. The highest BCUT2D eigenvalue weighted by Crippen LogP contribution is 2.35. The molecule has 5 rings (SSSR count). The molecule has 9 heteroatoms. The average Bonchev–Trinajstić information content (AvgIpc) is 3.38. The molecule has 37 heavy (non-hydrogen) atoms. The van der Waals surface area contributed by atoms with Crippen molar-refractivity contribution in [2.75, 3.05) is 38.2 Å². The van der Waals surface area contributed by atoms with Gasteiger partial charge in [0.05, 0.1) is 17.9 Å². The van der Waals surface area contributed by atoms with Crippen molar-refractivity contribution < 1.29 is 19.4 Å². The first-order chi connectivity index (χ1) is 18.1. The Hall–Kier alpha value is -2.62. The van der Waals surface area contributed by atoms with Gasteiger partial charge in [0.25, 0.3) is 0 Å². The minimum Gasteiger partial charge on any atom is -0.480 e. The van der Waals surface area contributed by atoms with Crippen LogP contribution in [0.1, 0.15) is 85.4 Å². The molecule has 9 nitrogen and oxygen atoms in total. The number of carbonyl (C=O) groups is 1. The fraction of sp³-hybridized carbons (Fsp3) is 0.643. The van der Waals surface area contributed by atoms with Gasteiger partial charge in [0.1, 0.15) is 17.7 Å². The molecule has 2 fully saturated rings. The lowest BCUT2D eigenvalue weighted by molar-refractivity contribution is -0.143. The van der Waals surface area contributed by atoms with Gasteiger partial charge in [-0.15, -0.1) is 0 Å². The number of aromatic nitrogens is 3. The van der Waals surface area contributed by atoms with Crippen LogP contribution in [0, 0.1) is 6.92 Å². The number of anilines is 1. The Kier molecular flexibility index (Phi) is 8.63. The van der Waals surface area contributed by atoms with E-state index in [2.05, 4.69) is 27.4 Å². The molecule has 0 saturated carbocycles. The van der Waals surface area contributed by atoms with E-state index < -0.39 is 12.0 Å². The monoisotopic (exact) mass is 509 g/mol. The van der Waals surface area contributed by atoms with E-state index in [0.29, 0.717) is 37.7 Å². The average molecular weight is 510 g/mol. The topological polar surface area (TPSA) is 110 Å². The normalized spacial score (nSPS) is 22.8. The molecule has 3 aliphatic heterocycles. The standard InChI is InChI=1S/C28H39N5O4/c1-19-30-17-23(25(31-19)24-9-3-5-16-37-24)26(28(34)35)33-14-12-22(18-33)36-15-4-2-8-21-11-10-20-7-6-13-29-27(20)32-21/h10-11,17,22,24,26H,2-9,12-16,18H2,1H3,(H,29,32)(H,34,35)/t22-,24?,26-/m1/s1. The summed E-state index contributed by atoms with van der Waals surface area (Å²) in [5.74, 6) is 0.815. The summed E-state index contributed by atoms with van der Waals surface area (Å²) in [7, 11) is 0. The SMILES string of the molecule is Cc1ncc([C@H](C(=O)O)N2CC[C@@H](OCCCCc3ccc4c(n3)NCCC4)C2)c(C2CCCCO2)n1. The van der Waals surface area contributed by atoms with Gasteiger partial charge >= 0.3 is 5.97 Å². The van der Waals surface area contributed by atoms with Gasteiger partial charge in [0, 0.05) is 50.3 Å². The molecule has 0 aromatic carbocycles. The number of unbranched alkanes of at least 4 members (excludes halogenated alkanes) is 1. The number of hydrogen-bond acceptors (Lipinski definition) is 8. The Bertz CT molecular complexity index is 1070. The maximum absolute atomic E-state index is 12.4. The van der Waals surface area contributed by atoms with Crippen LogP contribution in [-0.4, -0.2) is 69.9 Å². The molecule has 0 amide bonds. The fourth-order valence-electron chi connectivity index (χ4n) is 5.70. The Morgan fingerprint density at radius 1 is 1.24 bits per heavy atom. The number of carboxylic acids is 1. The highest BCUT2D eigenvalue weighted by molar-refractivity contribution is 5.76. The van der Waals surface area contributed by atoms with Crippen LogP contribution >= 0.6 is 0 Å². The smallest absolute Gasteiger partial charge is 0.325 e. The molecule has 2 aromatic heterocycles. The second-order valence-corrected chi connectivity index (χ2v) is 10.4. The van der Waals surface area contributed by atoms with Crippen LogP contribution in [0.15, 0.2) is 18.3 Å². The summed E-state index contributed by atoms with van der Waals surface area (Å²) >= 11 is 0. The summed E-state index contributed by atoms with van der Waals surface area (Å²) in [5.41, 5.74) is 3.83. The molecule has 2 saturated heterocycles. The van der Waals surface area contributed by atoms with Crippen LogP contribution in [0.4, 0.5) is 5.82 Å². The van der Waals surface area contributed by atoms with Crippen LogP contribution in [0.3, 0.4) is 0 Å². The van der Waals surface area contributed by atoms with Crippen molar-refractivity contribution in [3.05, 3.63) is 46.7 Å². The number of hydrogen-bond donors (Lipinski definition) is 2. The van der Waals surface area contributed by atoms with E-state index in [9.17, 15) is 9.90 Å². The van der Waals surface area contributed by atoms with E-state index in [-0.39, 0.29) is 12.2 Å². The Balaban J connectivity index is 1.13. The molecule has 200 valence electrons. The lowest BCUT2D eigenvalue weighted by Crippen LogP contribution is -2.35. The molecular formula is C28H39N5O4. The predicted octanol–water partition coefficient (Wildman–Crippen LogP) is 4.02. The van der Waals surface area contributed by atoms with Crippen molar-refractivity contribution in [3.8, 4) is 0 Å². The molecule has 3 aliphatic rings. The number of fused-ring (bicyclic) bond motifs is 1. The van der Waals surface area contributed by atoms with Gasteiger partial charge in [-0.05, 0) is 76.3 Å². The van der Waals surface area contributed by atoms with E-state index in [4.69, 9.17) is 14.5 Å². The third-order valence-corrected chi connectivity index (χ3v) is 7.66. The van der Waals surface area contributed by atoms with E-state index in [1.54, 1.807) is 6.20 Å². The Morgan fingerprint density at radius 2 is 2.16 bits per heavy atom. The minimum absolute atomic E-state index is 0.0358.